The summed E-state index contributed by atoms with van der Waals surface area (Å²) in [6, 6.07) is 5.21. The van der Waals surface area contributed by atoms with Gasteiger partial charge in [-0.1, -0.05) is 35.3 Å². The third kappa shape index (κ3) is 4.97. The molecule has 1 aromatic heterocycles. The van der Waals surface area contributed by atoms with Gasteiger partial charge in [0.2, 0.25) is 17.6 Å². The maximum atomic E-state index is 12.9. The summed E-state index contributed by atoms with van der Waals surface area (Å²) in [4.78, 5) is 24.0. The van der Waals surface area contributed by atoms with E-state index in [-0.39, 0.29) is 5.92 Å². The van der Waals surface area contributed by atoms with Gasteiger partial charge in [0.1, 0.15) is 0 Å². The summed E-state index contributed by atoms with van der Waals surface area (Å²) in [5.41, 5.74) is 0.698. The minimum atomic E-state index is 0.126. The van der Waals surface area contributed by atoms with E-state index in [0.29, 0.717) is 39.8 Å². The van der Waals surface area contributed by atoms with Gasteiger partial charge in [0.05, 0.1) is 11.6 Å². The molecule has 2 fully saturated rings. The molecule has 4 rings (SSSR count). The molecule has 3 heterocycles. The lowest BCUT2D eigenvalue weighted by atomic mass is 9.95. The van der Waals surface area contributed by atoms with E-state index in [1.807, 2.05) is 4.90 Å². The predicted molar refractivity (Wildman–Crippen MR) is 116 cm³/mol. The number of carbonyl (C=O) groups excluding carboxylic acids is 1. The molecule has 2 aliphatic heterocycles. The minimum absolute atomic E-state index is 0.126. The third-order valence-electron chi connectivity index (χ3n) is 6.07. The molecule has 0 unspecified atom stereocenters. The van der Waals surface area contributed by atoms with Crippen molar-refractivity contribution in [2.75, 3.05) is 45.8 Å². The van der Waals surface area contributed by atoms with Crippen LogP contribution in [0.3, 0.4) is 0 Å². The van der Waals surface area contributed by atoms with Gasteiger partial charge >= 0.3 is 0 Å². The number of nitrogens with zero attached hydrogens (tertiary/aromatic N) is 5. The van der Waals surface area contributed by atoms with E-state index in [4.69, 9.17) is 27.7 Å². The third-order valence-corrected chi connectivity index (χ3v) is 6.61. The van der Waals surface area contributed by atoms with Gasteiger partial charge in [0.15, 0.2) is 0 Å². The molecule has 0 spiro atoms. The van der Waals surface area contributed by atoms with Crippen molar-refractivity contribution >= 4 is 29.1 Å². The number of hydrogen-bond donors (Lipinski definition) is 0. The van der Waals surface area contributed by atoms with E-state index in [1.54, 1.807) is 18.2 Å². The monoisotopic (exact) mass is 451 g/mol. The average molecular weight is 452 g/mol. The van der Waals surface area contributed by atoms with Crippen LogP contribution in [0.25, 0.3) is 11.4 Å². The molecule has 0 radical (unpaired) electrons. The number of aromatic nitrogens is 2. The highest BCUT2D eigenvalue weighted by Gasteiger charge is 2.30. The van der Waals surface area contributed by atoms with Crippen LogP contribution in [-0.4, -0.2) is 76.6 Å². The quantitative estimate of drug-likeness (QED) is 0.693. The van der Waals surface area contributed by atoms with E-state index >= 15 is 0 Å². The Morgan fingerprint density at radius 2 is 1.83 bits per heavy atom. The maximum Gasteiger partial charge on any atom is 0.241 e. The Hall–Kier alpha value is -1.67. The van der Waals surface area contributed by atoms with Crippen LogP contribution in [0.1, 0.15) is 25.7 Å². The number of piperazine rings is 1. The van der Waals surface area contributed by atoms with Crippen molar-refractivity contribution in [1.29, 1.82) is 0 Å². The lowest BCUT2D eigenvalue weighted by Gasteiger charge is -2.38. The number of amides is 1. The van der Waals surface area contributed by atoms with E-state index in [2.05, 4.69) is 26.9 Å². The molecule has 0 atom stereocenters. The summed E-state index contributed by atoms with van der Waals surface area (Å²) in [5, 5.41) is 5.12. The molecule has 0 aliphatic carbocycles. The SMILES string of the molecule is CCN1CCN(C(=O)C2CCN(Cc3nc(-c4ccc(Cl)cc4Cl)no3)CC2)CC1. The number of rotatable bonds is 5. The van der Waals surface area contributed by atoms with Gasteiger partial charge in [-0.15, -0.1) is 0 Å². The molecule has 0 N–H and O–H groups in total. The molecule has 2 aliphatic rings. The van der Waals surface area contributed by atoms with Gasteiger partial charge in [-0.05, 0) is 50.7 Å². The van der Waals surface area contributed by atoms with Crippen LogP contribution in [-0.2, 0) is 11.3 Å². The van der Waals surface area contributed by atoms with E-state index in [1.165, 1.54) is 0 Å². The summed E-state index contributed by atoms with van der Waals surface area (Å²) in [6.45, 7) is 9.18. The number of halogens is 2. The summed E-state index contributed by atoms with van der Waals surface area (Å²) < 4.78 is 5.42. The molecule has 1 amide bonds. The standard InChI is InChI=1S/C21H27Cl2N5O2/c1-2-26-9-11-28(12-10-26)21(29)15-5-7-27(8-6-15)14-19-24-20(25-30-19)17-4-3-16(22)13-18(17)23/h3-4,13,15H,2,5-12,14H2,1H3. The molecule has 2 saturated heterocycles. The van der Waals surface area contributed by atoms with Gasteiger partial charge < -0.3 is 14.3 Å². The van der Waals surface area contributed by atoms with Gasteiger partial charge in [0, 0.05) is 42.7 Å². The fourth-order valence-corrected chi connectivity index (χ4v) is 4.66. The molecule has 9 heteroatoms. The Morgan fingerprint density at radius 1 is 1.10 bits per heavy atom. The lowest BCUT2D eigenvalue weighted by molar-refractivity contribution is -0.138. The molecule has 2 aromatic rings. The number of likely N-dealkylation sites (tertiary alicyclic amines) is 1. The largest absolute Gasteiger partial charge is 0.340 e. The molecule has 0 saturated carbocycles. The molecule has 1 aromatic carbocycles. The fraction of sp³-hybridized carbons (Fsp3) is 0.571. The van der Waals surface area contributed by atoms with Crippen molar-refractivity contribution in [3.63, 3.8) is 0 Å². The zero-order valence-corrected chi connectivity index (χ0v) is 18.7. The van der Waals surface area contributed by atoms with Crippen LogP contribution in [0.5, 0.6) is 0 Å². The van der Waals surface area contributed by atoms with Gasteiger partial charge in [-0.2, -0.15) is 4.98 Å². The summed E-state index contributed by atoms with van der Waals surface area (Å²) in [5.74, 6) is 1.46. The minimum Gasteiger partial charge on any atom is -0.340 e. The van der Waals surface area contributed by atoms with Crippen LogP contribution >= 0.6 is 23.2 Å². The average Bonchev–Trinajstić information content (AvgIpc) is 3.22. The number of likely N-dealkylation sites (N-methyl/N-ethyl adjacent to an activating group) is 1. The molecular weight excluding hydrogens is 425 g/mol. The molecule has 30 heavy (non-hydrogen) atoms. The van der Waals surface area contributed by atoms with E-state index in [9.17, 15) is 4.79 Å². The Labute approximate surface area is 186 Å². The predicted octanol–water partition coefficient (Wildman–Crippen LogP) is 3.42. The first-order valence-corrected chi connectivity index (χ1v) is 11.3. The first-order valence-electron chi connectivity index (χ1n) is 10.5. The molecular formula is C21H27Cl2N5O2. The summed E-state index contributed by atoms with van der Waals surface area (Å²) in [6.07, 6.45) is 1.74. The van der Waals surface area contributed by atoms with Crippen LogP contribution in [0, 0.1) is 5.92 Å². The second kappa shape index (κ2) is 9.64. The van der Waals surface area contributed by atoms with Crippen molar-refractivity contribution in [1.82, 2.24) is 24.8 Å². The normalized spacial score (nSPS) is 19.4. The number of hydrogen-bond acceptors (Lipinski definition) is 6. The number of benzene rings is 1. The lowest BCUT2D eigenvalue weighted by Crippen LogP contribution is -2.51. The highest BCUT2D eigenvalue weighted by Crippen LogP contribution is 2.29. The number of carbonyl (C=O) groups is 1. The van der Waals surface area contributed by atoms with Gasteiger partial charge in [-0.25, -0.2) is 0 Å². The fourth-order valence-electron chi connectivity index (χ4n) is 4.17. The van der Waals surface area contributed by atoms with E-state index < -0.39 is 0 Å². The van der Waals surface area contributed by atoms with Crippen LogP contribution < -0.4 is 0 Å². The molecule has 0 bridgehead atoms. The zero-order valence-electron chi connectivity index (χ0n) is 17.2. The Kier molecular flexibility index (Phi) is 6.93. The Morgan fingerprint density at radius 3 is 2.50 bits per heavy atom. The maximum absolute atomic E-state index is 12.9. The van der Waals surface area contributed by atoms with Crippen molar-refractivity contribution in [3.8, 4) is 11.4 Å². The summed E-state index contributed by atoms with van der Waals surface area (Å²) >= 11 is 12.2. The highest BCUT2D eigenvalue weighted by atomic mass is 35.5. The van der Waals surface area contributed by atoms with Crippen molar-refractivity contribution < 1.29 is 9.32 Å². The molecule has 7 nitrogen and oxygen atoms in total. The van der Waals surface area contributed by atoms with Crippen molar-refractivity contribution in [3.05, 3.63) is 34.1 Å². The Bertz CT molecular complexity index is 874. The highest BCUT2D eigenvalue weighted by molar-refractivity contribution is 6.36. The van der Waals surface area contributed by atoms with Crippen molar-refractivity contribution in [2.45, 2.75) is 26.3 Å². The van der Waals surface area contributed by atoms with Crippen LogP contribution in [0.15, 0.2) is 22.7 Å². The topological polar surface area (TPSA) is 65.7 Å². The van der Waals surface area contributed by atoms with Gasteiger partial charge in [-0.3, -0.25) is 9.69 Å². The van der Waals surface area contributed by atoms with E-state index in [0.717, 1.165) is 58.7 Å². The first kappa shape index (κ1) is 21.6. The second-order valence-corrected chi connectivity index (χ2v) is 8.79. The number of piperidine rings is 1. The van der Waals surface area contributed by atoms with Crippen molar-refractivity contribution in [2.24, 2.45) is 5.92 Å². The van der Waals surface area contributed by atoms with Crippen LogP contribution in [0.4, 0.5) is 0 Å². The first-order chi connectivity index (χ1) is 14.5. The summed E-state index contributed by atoms with van der Waals surface area (Å²) in [7, 11) is 0. The Balaban J connectivity index is 1.28. The zero-order chi connectivity index (χ0) is 21.1. The second-order valence-electron chi connectivity index (χ2n) is 7.95. The van der Waals surface area contributed by atoms with Crippen LogP contribution in [0.2, 0.25) is 10.0 Å². The molecule has 162 valence electrons. The smallest absolute Gasteiger partial charge is 0.241 e. The van der Waals surface area contributed by atoms with Gasteiger partial charge in [0.25, 0.3) is 0 Å².